The fourth-order valence-corrected chi connectivity index (χ4v) is 3.22. The minimum absolute atomic E-state index is 0.284. The second-order valence-electron chi connectivity index (χ2n) is 7.24. The highest BCUT2D eigenvalue weighted by Gasteiger charge is 2.03. The Morgan fingerprint density at radius 3 is 1.69 bits per heavy atom. The standard InChI is InChI=1S/C23H39NO2/c1-3-4-5-6-7-8-9-10-11-12-13-14-15-20-24-22-18-16-21(17-19-22)23(25)26-2/h16-19,24H,3-15,20H2,1-2H3. The molecule has 0 aliphatic heterocycles. The first kappa shape index (κ1) is 22.5. The third-order valence-electron chi connectivity index (χ3n) is 4.92. The summed E-state index contributed by atoms with van der Waals surface area (Å²) in [6.45, 7) is 3.27. The number of carbonyl (C=O) groups is 1. The van der Waals surface area contributed by atoms with Crippen LogP contribution in [-0.4, -0.2) is 19.6 Å². The second-order valence-corrected chi connectivity index (χ2v) is 7.24. The number of anilines is 1. The number of unbranched alkanes of at least 4 members (excludes halogenated alkanes) is 12. The molecule has 0 saturated carbocycles. The van der Waals surface area contributed by atoms with Crippen LogP contribution >= 0.6 is 0 Å². The summed E-state index contributed by atoms with van der Waals surface area (Å²) in [7, 11) is 1.41. The van der Waals surface area contributed by atoms with Gasteiger partial charge in [-0.25, -0.2) is 4.79 Å². The van der Waals surface area contributed by atoms with Crippen molar-refractivity contribution in [1.82, 2.24) is 0 Å². The van der Waals surface area contributed by atoms with Gasteiger partial charge in [0, 0.05) is 12.2 Å². The molecule has 0 spiro atoms. The van der Waals surface area contributed by atoms with Gasteiger partial charge >= 0.3 is 5.97 Å². The summed E-state index contributed by atoms with van der Waals surface area (Å²) in [6.07, 6.45) is 18.0. The van der Waals surface area contributed by atoms with Gasteiger partial charge in [0.2, 0.25) is 0 Å². The Morgan fingerprint density at radius 1 is 0.769 bits per heavy atom. The molecule has 1 rings (SSSR count). The van der Waals surface area contributed by atoms with Gasteiger partial charge < -0.3 is 10.1 Å². The maximum absolute atomic E-state index is 11.4. The first-order chi connectivity index (χ1) is 12.8. The third kappa shape index (κ3) is 11.2. The van der Waals surface area contributed by atoms with Crippen molar-refractivity contribution in [2.24, 2.45) is 0 Å². The van der Waals surface area contributed by atoms with Gasteiger partial charge in [0.15, 0.2) is 0 Å². The predicted molar refractivity (Wildman–Crippen MR) is 112 cm³/mol. The van der Waals surface area contributed by atoms with Crippen molar-refractivity contribution in [2.45, 2.75) is 90.4 Å². The van der Waals surface area contributed by atoms with Gasteiger partial charge in [-0.2, -0.15) is 0 Å². The van der Waals surface area contributed by atoms with Crippen LogP contribution in [0.2, 0.25) is 0 Å². The number of esters is 1. The molecule has 0 bridgehead atoms. The van der Waals surface area contributed by atoms with Gasteiger partial charge in [0.25, 0.3) is 0 Å². The lowest BCUT2D eigenvalue weighted by atomic mass is 10.0. The summed E-state index contributed by atoms with van der Waals surface area (Å²) < 4.78 is 4.70. The van der Waals surface area contributed by atoms with Crippen molar-refractivity contribution >= 4 is 11.7 Å². The minimum atomic E-state index is -0.284. The number of rotatable bonds is 16. The first-order valence-corrected chi connectivity index (χ1v) is 10.7. The van der Waals surface area contributed by atoms with Crippen LogP contribution in [-0.2, 0) is 4.74 Å². The van der Waals surface area contributed by atoms with Crippen LogP contribution in [0.4, 0.5) is 5.69 Å². The van der Waals surface area contributed by atoms with Crippen LogP contribution < -0.4 is 5.32 Å². The molecule has 148 valence electrons. The zero-order valence-electron chi connectivity index (χ0n) is 17.0. The molecule has 1 N–H and O–H groups in total. The normalized spacial score (nSPS) is 10.7. The molecule has 3 heteroatoms. The molecule has 1 aromatic rings. The zero-order valence-corrected chi connectivity index (χ0v) is 17.0. The van der Waals surface area contributed by atoms with E-state index in [-0.39, 0.29) is 5.97 Å². The van der Waals surface area contributed by atoms with Crippen molar-refractivity contribution in [1.29, 1.82) is 0 Å². The Balaban J connectivity index is 1.88. The van der Waals surface area contributed by atoms with Gasteiger partial charge in [-0.3, -0.25) is 0 Å². The lowest BCUT2D eigenvalue weighted by molar-refractivity contribution is 0.0601. The van der Waals surface area contributed by atoms with E-state index in [1.807, 2.05) is 12.1 Å². The maximum Gasteiger partial charge on any atom is 0.337 e. The average molecular weight is 362 g/mol. The van der Waals surface area contributed by atoms with Crippen LogP contribution in [0.3, 0.4) is 0 Å². The van der Waals surface area contributed by atoms with E-state index < -0.39 is 0 Å². The molecule has 0 aromatic heterocycles. The number of hydrogen-bond donors (Lipinski definition) is 1. The molecule has 0 aliphatic carbocycles. The number of ether oxygens (including phenoxy) is 1. The number of nitrogens with one attached hydrogen (secondary N) is 1. The quantitative estimate of drug-likeness (QED) is 0.255. The largest absolute Gasteiger partial charge is 0.465 e. The number of benzene rings is 1. The molecule has 1 aromatic carbocycles. The molecule has 0 fully saturated rings. The molecule has 0 heterocycles. The van der Waals surface area contributed by atoms with Crippen LogP contribution in [0.1, 0.15) is 101 Å². The van der Waals surface area contributed by atoms with Crippen LogP contribution in [0.15, 0.2) is 24.3 Å². The highest BCUT2D eigenvalue weighted by molar-refractivity contribution is 5.89. The number of hydrogen-bond acceptors (Lipinski definition) is 3. The molecule has 0 radical (unpaired) electrons. The smallest absolute Gasteiger partial charge is 0.337 e. The van der Waals surface area contributed by atoms with E-state index in [1.165, 1.54) is 90.6 Å². The number of methoxy groups -OCH3 is 1. The Morgan fingerprint density at radius 2 is 1.23 bits per heavy atom. The van der Waals surface area contributed by atoms with E-state index in [0.717, 1.165) is 12.2 Å². The zero-order chi connectivity index (χ0) is 18.9. The summed E-state index contributed by atoms with van der Waals surface area (Å²) in [6, 6.07) is 7.49. The van der Waals surface area contributed by atoms with Gasteiger partial charge in [-0.15, -0.1) is 0 Å². The molecule has 0 atom stereocenters. The van der Waals surface area contributed by atoms with Crippen molar-refractivity contribution in [3.63, 3.8) is 0 Å². The van der Waals surface area contributed by atoms with Crippen molar-refractivity contribution in [2.75, 3.05) is 19.0 Å². The molecule has 0 unspecified atom stereocenters. The van der Waals surface area contributed by atoms with E-state index in [1.54, 1.807) is 12.1 Å². The Bertz CT molecular complexity index is 456. The van der Waals surface area contributed by atoms with E-state index in [4.69, 9.17) is 4.74 Å². The van der Waals surface area contributed by atoms with E-state index in [2.05, 4.69) is 12.2 Å². The number of carbonyl (C=O) groups excluding carboxylic acids is 1. The average Bonchev–Trinajstić information content (AvgIpc) is 2.68. The monoisotopic (exact) mass is 361 g/mol. The minimum Gasteiger partial charge on any atom is -0.465 e. The lowest BCUT2D eigenvalue weighted by Gasteiger charge is -2.07. The molecule has 26 heavy (non-hydrogen) atoms. The molecule has 0 aliphatic rings. The molecular weight excluding hydrogens is 322 g/mol. The summed E-state index contributed by atoms with van der Waals surface area (Å²) in [5, 5.41) is 3.42. The van der Waals surface area contributed by atoms with E-state index >= 15 is 0 Å². The van der Waals surface area contributed by atoms with E-state index in [0.29, 0.717) is 5.56 Å². The van der Waals surface area contributed by atoms with Crippen molar-refractivity contribution in [3.8, 4) is 0 Å². The van der Waals surface area contributed by atoms with Crippen LogP contribution in [0, 0.1) is 0 Å². The van der Waals surface area contributed by atoms with Crippen LogP contribution in [0.5, 0.6) is 0 Å². The highest BCUT2D eigenvalue weighted by atomic mass is 16.5. The third-order valence-corrected chi connectivity index (χ3v) is 4.92. The summed E-state index contributed by atoms with van der Waals surface area (Å²) >= 11 is 0. The van der Waals surface area contributed by atoms with Crippen molar-refractivity contribution < 1.29 is 9.53 Å². The summed E-state index contributed by atoms with van der Waals surface area (Å²) in [5.41, 5.74) is 1.66. The fourth-order valence-electron chi connectivity index (χ4n) is 3.22. The molecule has 0 saturated heterocycles. The SMILES string of the molecule is CCCCCCCCCCCCCCCNc1ccc(C(=O)OC)cc1. The topological polar surface area (TPSA) is 38.3 Å². The lowest BCUT2D eigenvalue weighted by Crippen LogP contribution is -2.03. The fraction of sp³-hybridized carbons (Fsp3) is 0.696. The molecular formula is C23H39NO2. The highest BCUT2D eigenvalue weighted by Crippen LogP contribution is 2.13. The Labute approximate surface area is 160 Å². The van der Waals surface area contributed by atoms with Gasteiger partial charge in [0.05, 0.1) is 12.7 Å². The first-order valence-electron chi connectivity index (χ1n) is 10.7. The van der Waals surface area contributed by atoms with Gasteiger partial charge in [0.1, 0.15) is 0 Å². The predicted octanol–water partition coefficient (Wildman–Crippen LogP) is 6.98. The maximum atomic E-state index is 11.4. The summed E-state index contributed by atoms with van der Waals surface area (Å²) in [4.78, 5) is 11.4. The molecule has 3 nitrogen and oxygen atoms in total. The van der Waals surface area contributed by atoms with Crippen molar-refractivity contribution in [3.05, 3.63) is 29.8 Å². The van der Waals surface area contributed by atoms with Gasteiger partial charge in [-0.05, 0) is 30.7 Å². The molecule has 0 amide bonds. The Hall–Kier alpha value is -1.51. The van der Waals surface area contributed by atoms with Gasteiger partial charge in [-0.1, -0.05) is 84.0 Å². The van der Waals surface area contributed by atoms with E-state index in [9.17, 15) is 4.79 Å². The van der Waals surface area contributed by atoms with Crippen LogP contribution in [0.25, 0.3) is 0 Å². The second kappa shape index (κ2) is 15.7. The summed E-state index contributed by atoms with van der Waals surface area (Å²) in [5.74, 6) is -0.284. The Kier molecular flexibility index (Phi) is 13.6.